The highest BCUT2D eigenvalue weighted by molar-refractivity contribution is 7.87. The highest BCUT2D eigenvalue weighted by Crippen LogP contribution is 2.62. The molecular weight excluding hydrogens is 715 g/mol. The van der Waals surface area contributed by atoms with E-state index in [1.165, 1.54) is 0 Å². The molecule has 0 aliphatic heterocycles. The largest absolute Gasteiger partial charge is 0.494 e. The SMILES string of the molecule is O=C(c1ccc(C(F)(F)C(F)(F)C(F)(F)C(F)(F)C(F)(F)C(F)(F)F)cc1)C(CCCOc1ccc(S(=O)(=O)O)cc1)S(=O)(=O)O. The van der Waals surface area contributed by atoms with E-state index >= 15 is 0 Å². The number of carbonyl (C=O) groups is 1. The molecule has 1 unspecified atom stereocenters. The Morgan fingerprint density at radius 2 is 1.13 bits per heavy atom. The summed E-state index contributed by atoms with van der Waals surface area (Å²) in [5, 5.41) is -2.40. The molecule has 8 nitrogen and oxygen atoms in total. The molecule has 2 aromatic carbocycles. The number of hydrogen-bond donors (Lipinski definition) is 2. The van der Waals surface area contributed by atoms with Gasteiger partial charge < -0.3 is 4.74 Å². The van der Waals surface area contributed by atoms with Gasteiger partial charge in [-0.25, -0.2) is 0 Å². The van der Waals surface area contributed by atoms with Crippen LogP contribution in [-0.2, 0) is 26.2 Å². The third-order valence-corrected chi connectivity index (χ3v) is 8.16. The van der Waals surface area contributed by atoms with E-state index in [1.807, 2.05) is 0 Å². The van der Waals surface area contributed by atoms with E-state index in [4.69, 9.17) is 9.29 Å². The lowest BCUT2D eigenvalue weighted by molar-refractivity contribution is -0.441. The second kappa shape index (κ2) is 12.4. The van der Waals surface area contributed by atoms with Crippen molar-refractivity contribution in [3.8, 4) is 5.75 Å². The smallest absolute Gasteiger partial charge is 0.460 e. The van der Waals surface area contributed by atoms with Crippen molar-refractivity contribution in [1.82, 2.24) is 0 Å². The van der Waals surface area contributed by atoms with Crippen LogP contribution in [0.15, 0.2) is 53.4 Å². The van der Waals surface area contributed by atoms with Crippen LogP contribution in [0.5, 0.6) is 5.75 Å². The summed E-state index contributed by atoms with van der Waals surface area (Å²) in [5.74, 6) is -40.0. The fourth-order valence-electron chi connectivity index (χ4n) is 3.56. The van der Waals surface area contributed by atoms with Gasteiger partial charge in [-0.1, -0.05) is 24.3 Å². The third-order valence-electron chi connectivity index (χ3n) is 6.12. The first-order valence-corrected chi connectivity index (χ1v) is 14.7. The van der Waals surface area contributed by atoms with Crippen LogP contribution in [0.4, 0.5) is 57.1 Å². The van der Waals surface area contributed by atoms with Crippen molar-refractivity contribution in [2.45, 2.75) is 58.8 Å². The van der Waals surface area contributed by atoms with Gasteiger partial charge in [-0.3, -0.25) is 13.9 Å². The van der Waals surface area contributed by atoms with Gasteiger partial charge in [0.05, 0.1) is 11.5 Å². The van der Waals surface area contributed by atoms with Crippen LogP contribution in [0.1, 0.15) is 28.8 Å². The number of hydrogen-bond acceptors (Lipinski definition) is 6. The average Bonchev–Trinajstić information content (AvgIpc) is 2.90. The molecule has 0 spiro atoms. The Bertz CT molecular complexity index is 1620. The van der Waals surface area contributed by atoms with E-state index < -0.39 is 96.1 Å². The fraction of sp³-hybridized carbons (Fsp3) is 0.435. The summed E-state index contributed by atoms with van der Waals surface area (Å²) in [5.41, 5.74) is -3.40. The highest BCUT2D eigenvalue weighted by atomic mass is 32.2. The number of halogens is 13. The van der Waals surface area contributed by atoms with Gasteiger partial charge in [-0.2, -0.15) is 73.9 Å². The number of carbonyl (C=O) groups excluding carboxylic acids is 1. The summed E-state index contributed by atoms with van der Waals surface area (Å²) in [6.07, 6.45) is -8.75. The number of Topliss-reactive ketones (excluding diaryl/α,β-unsaturated/α-hetero) is 1. The summed E-state index contributed by atoms with van der Waals surface area (Å²) in [6, 6.07) is 3.42. The topological polar surface area (TPSA) is 135 Å². The maximum Gasteiger partial charge on any atom is 0.460 e. The van der Waals surface area contributed by atoms with Crippen molar-refractivity contribution in [3.05, 3.63) is 59.7 Å². The lowest BCUT2D eigenvalue weighted by Gasteiger charge is -2.39. The van der Waals surface area contributed by atoms with Gasteiger partial charge >= 0.3 is 35.8 Å². The molecule has 23 heteroatoms. The molecule has 1 atom stereocenters. The van der Waals surface area contributed by atoms with Gasteiger partial charge in [-0.05, 0) is 37.1 Å². The Morgan fingerprint density at radius 1 is 0.674 bits per heavy atom. The van der Waals surface area contributed by atoms with Crippen LogP contribution in [0, 0.1) is 0 Å². The first-order chi connectivity index (χ1) is 20.4. The third kappa shape index (κ3) is 7.20. The monoisotopic (exact) mass is 732 g/mol. The summed E-state index contributed by atoms with van der Waals surface area (Å²) in [7, 11) is -9.86. The predicted molar refractivity (Wildman–Crippen MR) is 127 cm³/mol. The fourth-order valence-corrected chi connectivity index (χ4v) is 4.91. The molecule has 0 saturated heterocycles. The Hall–Kier alpha value is -3.18. The first-order valence-electron chi connectivity index (χ1n) is 11.7. The van der Waals surface area contributed by atoms with Gasteiger partial charge in [-0.15, -0.1) is 0 Å². The van der Waals surface area contributed by atoms with Crippen molar-refractivity contribution in [1.29, 1.82) is 0 Å². The molecule has 0 aromatic heterocycles. The van der Waals surface area contributed by atoms with E-state index in [2.05, 4.69) is 0 Å². The molecule has 2 rings (SSSR count). The van der Waals surface area contributed by atoms with Crippen molar-refractivity contribution < 1.29 is 92.5 Å². The maximum absolute atomic E-state index is 14.4. The molecule has 0 radical (unpaired) electrons. The molecule has 0 heterocycles. The van der Waals surface area contributed by atoms with Crippen LogP contribution >= 0.6 is 0 Å². The van der Waals surface area contributed by atoms with Crippen LogP contribution in [0.3, 0.4) is 0 Å². The normalized spacial score (nSPS) is 15.0. The quantitative estimate of drug-likeness (QED) is 0.0983. The van der Waals surface area contributed by atoms with Crippen LogP contribution in [0.25, 0.3) is 0 Å². The molecule has 0 saturated carbocycles. The molecule has 260 valence electrons. The Labute approximate surface area is 249 Å². The molecule has 0 amide bonds. The summed E-state index contributed by atoms with van der Waals surface area (Å²) < 4.78 is 243. The molecule has 2 N–H and O–H groups in total. The second-order valence-electron chi connectivity index (χ2n) is 9.25. The standard InChI is InChI=1S/C23H17F13O8S2/c24-18(25,19(26,27)20(28,29)21(30,31)22(32,33)23(34,35)36)13-5-3-12(4-6-13)17(37)16(46(41,42)43)2-1-11-44-14-7-9-15(10-8-14)45(38,39)40/h3-10,16H,1-2,11H2,(H,38,39,40)(H,41,42,43). The van der Waals surface area contributed by atoms with Crippen LogP contribution < -0.4 is 4.74 Å². The second-order valence-corrected chi connectivity index (χ2v) is 12.3. The van der Waals surface area contributed by atoms with Crippen LogP contribution in [0.2, 0.25) is 0 Å². The number of benzene rings is 2. The van der Waals surface area contributed by atoms with Gasteiger partial charge in [0.2, 0.25) is 0 Å². The lowest BCUT2D eigenvalue weighted by Crippen LogP contribution is -2.69. The zero-order valence-corrected chi connectivity index (χ0v) is 23.5. The summed E-state index contributed by atoms with van der Waals surface area (Å²) in [4.78, 5) is 12.1. The van der Waals surface area contributed by atoms with Gasteiger partial charge in [0, 0.05) is 11.1 Å². The number of alkyl halides is 13. The van der Waals surface area contributed by atoms with Crippen LogP contribution in [-0.4, -0.2) is 73.4 Å². The molecular formula is C23H17F13O8S2. The average molecular weight is 732 g/mol. The Morgan fingerprint density at radius 3 is 1.54 bits per heavy atom. The van der Waals surface area contributed by atoms with Crippen molar-refractivity contribution >= 4 is 26.0 Å². The first kappa shape index (κ1) is 39.0. The highest BCUT2D eigenvalue weighted by Gasteiger charge is 2.90. The van der Waals surface area contributed by atoms with Crippen molar-refractivity contribution in [2.24, 2.45) is 0 Å². The molecule has 0 aliphatic rings. The molecule has 2 aromatic rings. The minimum atomic E-state index is -8.11. The Balaban J connectivity index is 2.28. The zero-order valence-electron chi connectivity index (χ0n) is 21.9. The minimum Gasteiger partial charge on any atom is -0.494 e. The van der Waals surface area contributed by atoms with Gasteiger partial charge in [0.1, 0.15) is 11.0 Å². The predicted octanol–water partition coefficient (Wildman–Crippen LogP) is 6.43. The van der Waals surface area contributed by atoms with E-state index in [1.54, 1.807) is 0 Å². The molecule has 0 aliphatic carbocycles. The van der Waals surface area contributed by atoms with E-state index in [-0.39, 0.29) is 36.4 Å². The summed E-state index contributed by atoms with van der Waals surface area (Å²) >= 11 is 0. The lowest BCUT2D eigenvalue weighted by atomic mass is 9.90. The molecule has 46 heavy (non-hydrogen) atoms. The van der Waals surface area contributed by atoms with Crippen molar-refractivity contribution in [3.63, 3.8) is 0 Å². The van der Waals surface area contributed by atoms with E-state index in [9.17, 15) is 83.3 Å². The number of rotatable bonds is 14. The number of ketones is 1. The number of ether oxygens (including phenoxy) is 1. The molecule has 0 fully saturated rings. The van der Waals surface area contributed by atoms with Gasteiger partial charge in [0.15, 0.2) is 5.78 Å². The molecule has 0 bridgehead atoms. The van der Waals surface area contributed by atoms with Crippen molar-refractivity contribution in [2.75, 3.05) is 6.61 Å². The summed E-state index contributed by atoms with van der Waals surface area (Å²) in [6.45, 7) is -0.420. The van der Waals surface area contributed by atoms with E-state index in [0.29, 0.717) is 0 Å². The minimum absolute atomic E-state index is 0.0269. The Kier molecular flexibility index (Phi) is 10.6. The van der Waals surface area contributed by atoms with Gasteiger partial charge in [0.25, 0.3) is 20.2 Å². The van der Waals surface area contributed by atoms with E-state index in [0.717, 1.165) is 24.3 Å². The zero-order chi connectivity index (χ0) is 35.9. The maximum atomic E-state index is 14.4.